The van der Waals surface area contributed by atoms with Crippen LogP contribution in [0.1, 0.15) is 39.0 Å². The van der Waals surface area contributed by atoms with E-state index in [1.54, 1.807) is 36.3 Å². The zero-order chi connectivity index (χ0) is 20.1. The van der Waals surface area contributed by atoms with E-state index in [4.69, 9.17) is 4.74 Å². The van der Waals surface area contributed by atoms with Gasteiger partial charge < -0.3 is 25.6 Å². The highest BCUT2D eigenvalue weighted by molar-refractivity contribution is 5.97. The molecule has 152 valence electrons. The molecule has 0 radical (unpaired) electrons. The van der Waals surface area contributed by atoms with Crippen molar-refractivity contribution in [2.45, 2.75) is 57.2 Å². The highest BCUT2D eigenvalue weighted by Crippen LogP contribution is 2.29. The van der Waals surface area contributed by atoms with Crippen molar-refractivity contribution in [3.63, 3.8) is 0 Å². The molecular formula is C20H28N4O4. The molecule has 0 bridgehead atoms. The number of nitrogens with zero attached hydrogens (tertiary/aromatic N) is 1. The number of fused-ring (bicyclic) bond motifs is 1. The number of anilines is 1. The van der Waals surface area contributed by atoms with Gasteiger partial charge >= 0.3 is 6.03 Å². The molecule has 28 heavy (non-hydrogen) atoms. The van der Waals surface area contributed by atoms with Crippen molar-refractivity contribution in [3.05, 3.63) is 24.3 Å². The van der Waals surface area contributed by atoms with Gasteiger partial charge in [-0.3, -0.25) is 9.59 Å². The van der Waals surface area contributed by atoms with Crippen molar-refractivity contribution >= 4 is 23.5 Å². The summed E-state index contributed by atoms with van der Waals surface area (Å²) < 4.78 is 5.16. The number of methoxy groups -OCH3 is 1. The first-order valence-electron chi connectivity index (χ1n) is 9.84. The van der Waals surface area contributed by atoms with Crippen LogP contribution >= 0.6 is 0 Å². The molecule has 1 saturated carbocycles. The number of urea groups is 1. The van der Waals surface area contributed by atoms with E-state index in [1.165, 1.54) is 0 Å². The lowest BCUT2D eigenvalue weighted by Gasteiger charge is -2.47. The smallest absolute Gasteiger partial charge is 0.318 e. The molecule has 3 N–H and O–H groups in total. The van der Waals surface area contributed by atoms with Crippen LogP contribution in [0.2, 0.25) is 0 Å². The van der Waals surface area contributed by atoms with Crippen LogP contribution in [0.3, 0.4) is 0 Å². The topological polar surface area (TPSA) is 99.8 Å². The molecule has 1 saturated heterocycles. The molecular weight excluding hydrogens is 360 g/mol. The fraction of sp³-hybridized carbons (Fsp3) is 0.550. The van der Waals surface area contributed by atoms with Crippen molar-refractivity contribution in [1.29, 1.82) is 0 Å². The maximum Gasteiger partial charge on any atom is 0.318 e. The van der Waals surface area contributed by atoms with Crippen LogP contribution in [0.25, 0.3) is 0 Å². The van der Waals surface area contributed by atoms with Gasteiger partial charge in [0.05, 0.1) is 19.6 Å². The minimum atomic E-state index is -0.823. The minimum Gasteiger partial charge on any atom is -0.497 e. The van der Waals surface area contributed by atoms with E-state index < -0.39 is 6.04 Å². The summed E-state index contributed by atoms with van der Waals surface area (Å²) in [7, 11) is 1.55. The predicted octanol–water partition coefficient (Wildman–Crippen LogP) is 1.86. The zero-order valence-corrected chi connectivity index (χ0v) is 16.4. The Kier molecular flexibility index (Phi) is 6.38. The number of piperazine rings is 1. The maximum absolute atomic E-state index is 12.7. The monoisotopic (exact) mass is 388 g/mol. The Labute approximate surface area is 165 Å². The van der Waals surface area contributed by atoms with E-state index >= 15 is 0 Å². The molecule has 1 aromatic rings. The standard InChI is InChI=1S/C20H28N4O4/c1-3-21-20(27)24-16-10-5-4-9-15(16)23-19(26)17(24)12-18(25)22-13-7-6-8-14(11-13)28-2/h6-8,11,15-17H,3-5,9-10,12H2,1-2H3,(H,21,27)(H,22,25)(H,23,26)/t15-,16+,17-/m1/s1. The highest BCUT2D eigenvalue weighted by Gasteiger charge is 2.45. The lowest BCUT2D eigenvalue weighted by atomic mass is 9.85. The molecule has 3 atom stereocenters. The first kappa shape index (κ1) is 20.0. The molecule has 1 aliphatic carbocycles. The van der Waals surface area contributed by atoms with Crippen molar-refractivity contribution in [2.75, 3.05) is 19.0 Å². The Bertz CT molecular complexity index is 739. The number of hydrogen-bond acceptors (Lipinski definition) is 4. The molecule has 0 spiro atoms. The fourth-order valence-electron chi connectivity index (χ4n) is 4.06. The number of benzene rings is 1. The summed E-state index contributed by atoms with van der Waals surface area (Å²) in [5.41, 5.74) is 0.584. The highest BCUT2D eigenvalue weighted by atomic mass is 16.5. The van der Waals surface area contributed by atoms with Gasteiger partial charge in [-0.2, -0.15) is 0 Å². The zero-order valence-electron chi connectivity index (χ0n) is 16.4. The predicted molar refractivity (Wildman–Crippen MR) is 105 cm³/mol. The SMILES string of the molecule is CCNC(=O)N1[C@H](CC(=O)Nc2cccc(OC)c2)C(=O)N[C@@H]2CCCC[C@@H]21. The average molecular weight is 388 g/mol. The molecule has 4 amide bonds. The normalized spacial score (nSPS) is 24.0. The second-order valence-electron chi connectivity index (χ2n) is 7.21. The van der Waals surface area contributed by atoms with E-state index in [0.717, 1.165) is 25.7 Å². The third kappa shape index (κ3) is 4.37. The molecule has 8 nitrogen and oxygen atoms in total. The van der Waals surface area contributed by atoms with Crippen LogP contribution in [0.15, 0.2) is 24.3 Å². The van der Waals surface area contributed by atoms with Crippen LogP contribution in [0.5, 0.6) is 5.75 Å². The van der Waals surface area contributed by atoms with Crippen molar-refractivity contribution in [2.24, 2.45) is 0 Å². The van der Waals surface area contributed by atoms with Gasteiger partial charge in [-0.05, 0) is 31.9 Å². The van der Waals surface area contributed by atoms with Gasteiger partial charge in [-0.1, -0.05) is 18.9 Å². The summed E-state index contributed by atoms with van der Waals surface area (Å²) in [4.78, 5) is 39.7. The summed E-state index contributed by atoms with van der Waals surface area (Å²) in [6, 6.07) is 5.79. The van der Waals surface area contributed by atoms with Gasteiger partial charge in [0.15, 0.2) is 0 Å². The second kappa shape index (κ2) is 8.95. The average Bonchev–Trinajstić information content (AvgIpc) is 2.68. The van der Waals surface area contributed by atoms with E-state index in [2.05, 4.69) is 16.0 Å². The molecule has 1 aliphatic heterocycles. The molecule has 1 aromatic carbocycles. The molecule has 0 aromatic heterocycles. The summed E-state index contributed by atoms with van der Waals surface area (Å²) in [6.45, 7) is 2.31. The molecule has 0 unspecified atom stereocenters. The number of ether oxygens (including phenoxy) is 1. The first-order valence-corrected chi connectivity index (χ1v) is 9.84. The van der Waals surface area contributed by atoms with Gasteiger partial charge in [0.2, 0.25) is 11.8 Å². The van der Waals surface area contributed by atoms with Crippen LogP contribution < -0.4 is 20.7 Å². The van der Waals surface area contributed by atoms with Gasteiger partial charge in [0, 0.05) is 24.3 Å². The third-order valence-electron chi connectivity index (χ3n) is 5.35. The van der Waals surface area contributed by atoms with Gasteiger partial charge in [0.25, 0.3) is 0 Å². The van der Waals surface area contributed by atoms with E-state index in [-0.39, 0.29) is 36.3 Å². The first-order chi connectivity index (χ1) is 13.5. The van der Waals surface area contributed by atoms with Crippen LogP contribution in [-0.4, -0.2) is 54.5 Å². The van der Waals surface area contributed by atoms with Crippen molar-refractivity contribution in [1.82, 2.24) is 15.5 Å². The van der Waals surface area contributed by atoms with Gasteiger partial charge in [-0.15, -0.1) is 0 Å². The number of carbonyl (C=O) groups is 3. The molecule has 2 fully saturated rings. The largest absolute Gasteiger partial charge is 0.497 e. The summed E-state index contributed by atoms with van der Waals surface area (Å²) in [5.74, 6) is 0.0364. The van der Waals surface area contributed by atoms with E-state index in [9.17, 15) is 14.4 Å². The summed E-state index contributed by atoms with van der Waals surface area (Å²) in [6.07, 6.45) is 3.63. The van der Waals surface area contributed by atoms with Gasteiger partial charge in [0.1, 0.15) is 11.8 Å². The summed E-state index contributed by atoms with van der Waals surface area (Å²) in [5, 5.41) is 8.61. The van der Waals surface area contributed by atoms with Crippen molar-refractivity contribution in [3.8, 4) is 5.75 Å². The van der Waals surface area contributed by atoms with E-state index in [0.29, 0.717) is 18.0 Å². The lowest BCUT2D eigenvalue weighted by molar-refractivity contribution is -0.135. The van der Waals surface area contributed by atoms with Crippen LogP contribution in [-0.2, 0) is 9.59 Å². The Morgan fingerprint density at radius 2 is 2.07 bits per heavy atom. The molecule has 8 heteroatoms. The number of amides is 4. The number of rotatable bonds is 5. The second-order valence-corrected chi connectivity index (χ2v) is 7.21. The van der Waals surface area contributed by atoms with Crippen LogP contribution in [0.4, 0.5) is 10.5 Å². The lowest BCUT2D eigenvalue weighted by Crippen LogP contribution is -2.69. The van der Waals surface area contributed by atoms with Crippen molar-refractivity contribution < 1.29 is 19.1 Å². The maximum atomic E-state index is 12.7. The summed E-state index contributed by atoms with van der Waals surface area (Å²) >= 11 is 0. The van der Waals surface area contributed by atoms with E-state index in [1.807, 2.05) is 6.92 Å². The third-order valence-corrected chi connectivity index (χ3v) is 5.35. The molecule has 1 heterocycles. The Balaban J connectivity index is 1.75. The molecule has 3 rings (SSSR count). The van der Waals surface area contributed by atoms with Gasteiger partial charge in [-0.25, -0.2) is 4.79 Å². The Hall–Kier alpha value is -2.77. The minimum absolute atomic E-state index is 0.0402. The quantitative estimate of drug-likeness (QED) is 0.717. The number of hydrogen-bond donors (Lipinski definition) is 3. The molecule has 2 aliphatic rings. The number of carbonyl (C=O) groups excluding carboxylic acids is 3. The number of nitrogens with one attached hydrogen (secondary N) is 3. The fourth-order valence-corrected chi connectivity index (χ4v) is 4.06. The van der Waals surface area contributed by atoms with Crippen LogP contribution in [0, 0.1) is 0 Å². The Morgan fingerprint density at radius 1 is 1.29 bits per heavy atom. The Morgan fingerprint density at radius 3 is 2.82 bits per heavy atom.